The van der Waals surface area contributed by atoms with E-state index in [0.717, 1.165) is 11.5 Å². The van der Waals surface area contributed by atoms with Crippen molar-refractivity contribution in [3.05, 3.63) is 35.0 Å². The lowest BCUT2D eigenvalue weighted by Gasteiger charge is -2.06. The van der Waals surface area contributed by atoms with Gasteiger partial charge < -0.3 is 11.1 Å². The van der Waals surface area contributed by atoms with Crippen molar-refractivity contribution in [1.82, 2.24) is 9.59 Å². The Bertz CT molecular complexity index is 494. The number of hydrogen-bond acceptors (Lipinski definition) is 5. The van der Waals surface area contributed by atoms with Crippen LogP contribution in [-0.4, -0.2) is 15.5 Å². The Balaban J connectivity index is 2.28. The molecule has 0 bridgehead atoms. The molecule has 0 aliphatic rings. The molecule has 1 aromatic heterocycles. The number of nitrogen functional groups attached to an aromatic ring is 1. The van der Waals surface area contributed by atoms with Gasteiger partial charge in [-0.15, -0.1) is 5.10 Å². The number of hydrogen-bond donors (Lipinski definition) is 2. The fourth-order valence-electron chi connectivity index (χ4n) is 1.18. The van der Waals surface area contributed by atoms with E-state index in [1.54, 1.807) is 18.2 Å². The first kappa shape index (κ1) is 10.8. The molecule has 5 nitrogen and oxygen atoms in total. The maximum Gasteiger partial charge on any atom is 0.259 e. The van der Waals surface area contributed by atoms with Crippen LogP contribution in [0.5, 0.6) is 0 Å². The van der Waals surface area contributed by atoms with Crippen molar-refractivity contribution >= 4 is 39.7 Å². The summed E-state index contributed by atoms with van der Waals surface area (Å²) in [5, 5.41) is 7.07. The molecule has 0 spiro atoms. The van der Waals surface area contributed by atoms with Crippen LogP contribution >= 0.6 is 23.1 Å². The zero-order chi connectivity index (χ0) is 11.5. The van der Waals surface area contributed by atoms with Gasteiger partial charge in [-0.2, -0.15) is 0 Å². The average Bonchev–Trinajstić information content (AvgIpc) is 2.70. The summed E-state index contributed by atoms with van der Waals surface area (Å²) in [7, 11) is 0. The summed E-state index contributed by atoms with van der Waals surface area (Å²) in [6, 6.07) is 4.91. The molecule has 0 aliphatic carbocycles. The number of carbonyl (C=O) groups excluding carboxylic acids is 1. The Morgan fingerprint density at radius 2 is 2.31 bits per heavy atom. The summed E-state index contributed by atoms with van der Waals surface area (Å²) < 4.78 is 3.63. The molecule has 0 atom stereocenters. The van der Waals surface area contributed by atoms with Gasteiger partial charge in [-0.25, -0.2) is 0 Å². The average molecular weight is 255 g/mol. The van der Waals surface area contributed by atoms with E-state index in [4.69, 9.17) is 17.3 Å². The van der Waals surface area contributed by atoms with E-state index in [1.807, 2.05) is 0 Å². The fourth-order valence-corrected chi connectivity index (χ4v) is 1.86. The van der Waals surface area contributed by atoms with Gasteiger partial charge in [-0.3, -0.25) is 4.79 Å². The van der Waals surface area contributed by atoms with E-state index in [9.17, 15) is 4.79 Å². The second-order valence-electron chi connectivity index (χ2n) is 2.94. The van der Waals surface area contributed by atoms with Crippen molar-refractivity contribution in [2.75, 3.05) is 11.1 Å². The standard InChI is InChI=1S/C9H7ClN4OS/c10-5-2-1-3-6(11)8(5)9(15)13-7-4-12-14-16-7/h1-4H,11H2,(H,13,15). The first-order valence-corrected chi connectivity index (χ1v) is 5.46. The van der Waals surface area contributed by atoms with Gasteiger partial charge >= 0.3 is 0 Å². The second-order valence-corrected chi connectivity index (χ2v) is 4.13. The number of anilines is 2. The van der Waals surface area contributed by atoms with Crippen LogP contribution in [0, 0.1) is 0 Å². The van der Waals surface area contributed by atoms with Gasteiger partial charge in [-0.1, -0.05) is 22.2 Å². The molecule has 7 heteroatoms. The summed E-state index contributed by atoms with van der Waals surface area (Å²) in [6.45, 7) is 0. The third-order valence-electron chi connectivity index (χ3n) is 1.87. The van der Waals surface area contributed by atoms with Gasteiger partial charge in [0.2, 0.25) is 0 Å². The first-order chi connectivity index (χ1) is 7.68. The van der Waals surface area contributed by atoms with Crippen molar-refractivity contribution in [3.63, 3.8) is 0 Å². The predicted molar refractivity (Wildman–Crippen MR) is 63.7 cm³/mol. The highest BCUT2D eigenvalue weighted by Gasteiger charge is 2.14. The van der Waals surface area contributed by atoms with Crippen molar-refractivity contribution in [2.45, 2.75) is 0 Å². The Kier molecular flexibility index (Phi) is 3.02. The summed E-state index contributed by atoms with van der Waals surface area (Å²) in [4.78, 5) is 11.8. The monoisotopic (exact) mass is 254 g/mol. The van der Waals surface area contributed by atoms with Crippen molar-refractivity contribution in [2.24, 2.45) is 0 Å². The largest absolute Gasteiger partial charge is 0.398 e. The lowest BCUT2D eigenvalue weighted by Crippen LogP contribution is -2.13. The summed E-state index contributed by atoms with van der Waals surface area (Å²) in [5.41, 5.74) is 6.28. The van der Waals surface area contributed by atoms with Crippen LogP contribution in [-0.2, 0) is 0 Å². The molecule has 2 rings (SSSR count). The zero-order valence-electron chi connectivity index (χ0n) is 7.98. The summed E-state index contributed by atoms with van der Waals surface area (Å²) in [6.07, 6.45) is 1.45. The smallest absolute Gasteiger partial charge is 0.259 e. The lowest BCUT2D eigenvalue weighted by molar-refractivity contribution is 0.102. The topological polar surface area (TPSA) is 80.9 Å². The molecule has 1 heterocycles. The molecule has 1 aromatic carbocycles. The predicted octanol–water partition coefficient (Wildman–Crippen LogP) is 2.03. The number of rotatable bonds is 2. The van der Waals surface area contributed by atoms with Gasteiger partial charge in [0, 0.05) is 17.2 Å². The number of amides is 1. The molecule has 0 radical (unpaired) electrons. The van der Waals surface area contributed by atoms with E-state index in [0.29, 0.717) is 15.7 Å². The van der Waals surface area contributed by atoms with Gasteiger partial charge in [0.05, 0.1) is 16.8 Å². The molecule has 0 fully saturated rings. The maximum absolute atomic E-state index is 11.8. The van der Waals surface area contributed by atoms with Gasteiger partial charge in [0.1, 0.15) is 5.00 Å². The lowest BCUT2D eigenvalue weighted by atomic mass is 10.1. The Morgan fingerprint density at radius 3 is 2.94 bits per heavy atom. The van der Waals surface area contributed by atoms with Gasteiger partial charge in [0.15, 0.2) is 0 Å². The van der Waals surface area contributed by atoms with E-state index < -0.39 is 0 Å². The minimum atomic E-state index is -0.367. The summed E-state index contributed by atoms with van der Waals surface area (Å²) >= 11 is 6.98. The third kappa shape index (κ3) is 2.12. The van der Waals surface area contributed by atoms with Gasteiger partial charge in [-0.05, 0) is 12.1 Å². The van der Waals surface area contributed by atoms with Crippen LogP contribution in [0.25, 0.3) is 0 Å². The molecular formula is C9H7ClN4OS. The minimum Gasteiger partial charge on any atom is -0.398 e. The van der Waals surface area contributed by atoms with Crippen LogP contribution in [0.1, 0.15) is 10.4 Å². The van der Waals surface area contributed by atoms with E-state index in [-0.39, 0.29) is 11.5 Å². The van der Waals surface area contributed by atoms with Crippen LogP contribution < -0.4 is 11.1 Å². The molecule has 2 aromatic rings. The molecule has 1 amide bonds. The molecule has 3 N–H and O–H groups in total. The van der Waals surface area contributed by atoms with Crippen LogP contribution in [0.15, 0.2) is 24.4 Å². The maximum atomic E-state index is 11.8. The molecular weight excluding hydrogens is 248 g/mol. The second kappa shape index (κ2) is 4.46. The fraction of sp³-hybridized carbons (Fsp3) is 0. The van der Waals surface area contributed by atoms with Crippen molar-refractivity contribution in [1.29, 1.82) is 0 Å². The van der Waals surface area contributed by atoms with Crippen LogP contribution in [0.4, 0.5) is 10.7 Å². The van der Waals surface area contributed by atoms with Crippen molar-refractivity contribution < 1.29 is 4.79 Å². The summed E-state index contributed by atoms with van der Waals surface area (Å²) in [5.74, 6) is -0.367. The number of nitrogens with two attached hydrogens (primary N) is 1. The quantitative estimate of drug-likeness (QED) is 0.804. The Labute approximate surface area is 100 Å². The number of nitrogens with zero attached hydrogens (tertiary/aromatic N) is 2. The normalized spacial score (nSPS) is 10.1. The highest BCUT2D eigenvalue weighted by molar-refractivity contribution is 7.10. The highest BCUT2D eigenvalue weighted by atomic mass is 35.5. The van der Waals surface area contributed by atoms with Crippen molar-refractivity contribution in [3.8, 4) is 0 Å². The molecule has 0 saturated heterocycles. The molecule has 16 heavy (non-hydrogen) atoms. The molecule has 82 valence electrons. The van der Waals surface area contributed by atoms with E-state index >= 15 is 0 Å². The third-order valence-corrected chi connectivity index (χ3v) is 2.77. The number of nitrogens with one attached hydrogen (secondary N) is 1. The number of benzene rings is 1. The first-order valence-electron chi connectivity index (χ1n) is 4.31. The van der Waals surface area contributed by atoms with E-state index in [1.165, 1.54) is 6.20 Å². The Morgan fingerprint density at radius 1 is 1.50 bits per heavy atom. The van der Waals surface area contributed by atoms with Crippen LogP contribution in [0.3, 0.4) is 0 Å². The molecule has 0 unspecified atom stereocenters. The molecule has 0 saturated carbocycles. The number of carbonyl (C=O) groups is 1. The molecule has 0 aliphatic heterocycles. The van der Waals surface area contributed by atoms with E-state index in [2.05, 4.69) is 14.9 Å². The number of halogens is 1. The highest BCUT2D eigenvalue weighted by Crippen LogP contribution is 2.23. The number of aromatic nitrogens is 2. The SMILES string of the molecule is Nc1cccc(Cl)c1C(=O)Nc1cnns1. The van der Waals surface area contributed by atoms with Gasteiger partial charge in [0.25, 0.3) is 5.91 Å². The Hall–Kier alpha value is -1.66. The zero-order valence-corrected chi connectivity index (χ0v) is 9.55. The van der Waals surface area contributed by atoms with Crippen LogP contribution in [0.2, 0.25) is 5.02 Å². The minimum absolute atomic E-state index is 0.262.